The minimum atomic E-state index is -0.330. The molecular weight excluding hydrogens is 156 g/mol. The Bertz CT molecular complexity index is 209. The van der Waals surface area contributed by atoms with Crippen LogP contribution in [0.25, 0.3) is 0 Å². The van der Waals surface area contributed by atoms with Crippen molar-refractivity contribution in [1.82, 2.24) is 4.98 Å². The topological polar surface area (TPSA) is 55.1 Å². The molecule has 0 aliphatic carbocycles. The van der Waals surface area contributed by atoms with Crippen molar-refractivity contribution in [1.29, 1.82) is 0 Å². The zero-order valence-electron chi connectivity index (χ0n) is 5.00. The zero-order chi connectivity index (χ0) is 7.40. The SMILES string of the molecule is O=C(CCl)Nc1ncco1. The molecule has 1 amide bonds. The predicted octanol–water partition coefficient (Wildman–Crippen LogP) is 0.852. The number of hydrogen-bond acceptors (Lipinski definition) is 3. The van der Waals surface area contributed by atoms with Crippen molar-refractivity contribution in [2.24, 2.45) is 0 Å². The number of nitrogens with zero attached hydrogens (tertiary/aromatic N) is 1. The third kappa shape index (κ3) is 1.73. The second kappa shape index (κ2) is 3.22. The molecule has 0 saturated carbocycles. The van der Waals surface area contributed by atoms with Crippen molar-refractivity contribution >= 4 is 23.5 Å². The first-order chi connectivity index (χ1) is 4.83. The second-order valence-corrected chi connectivity index (χ2v) is 1.79. The van der Waals surface area contributed by atoms with Gasteiger partial charge in [0.2, 0.25) is 5.91 Å². The lowest BCUT2D eigenvalue weighted by atomic mass is 10.7. The highest BCUT2D eigenvalue weighted by atomic mass is 35.5. The molecule has 0 atom stereocenters. The maximum absolute atomic E-state index is 10.5. The average Bonchev–Trinajstić information content (AvgIpc) is 2.40. The Morgan fingerprint density at radius 3 is 3.20 bits per heavy atom. The molecule has 1 aromatic heterocycles. The summed E-state index contributed by atoms with van der Waals surface area (Å²) in [4.78, 5) is 14.2. The Morgan fingerprint density at radius 2 is 2.70 bits per heavy atom. The first kappa shape index (κ1) is 7.08. The summed E-state index contributed by atoms with van der Waals surface area (Å²) in [6, 6.07) is 0.172. The van der Waals surface area contributed by atoms with Crippen LogP contribution in [0.1, 0.15) is 0 Å². The fraction of sp³-hybridized carbons (Fsp3) is 0.200. The van der Waals surface area contributed by atoms with E-state index in [0.29, 0.717) is 0 Å². The molecule has 0 aliphatic heterocycles. The number of rotatable bonds is 2. The van der Waals surface area contributed by atoms with Crippen molar-refractivity contribution < 1.29 is 9.21 Å². The molecule has 0 aromatic carbocycles. The molecule has 1 rings (SSSR count). The van der Waals surface area contributed by atoms with Crippen LogP contribution in [-0.4, -0.2) is 16.8 Å². The number of hydrogen-bond donors (Lipinski definition) is 1. The van der Waals surface area contributed by atoms with Crippen molar-refractivity contribution in [2.45, 2.75) is 0 Å². The summed E-state index contributed by atoms with van der Waals surface area (Å²) in [5.41, 5.74) is 0. The molecule has 1 heterocycles. The van der Waals surface area contributed by atoms with Gasteiger partial charge >= 0.3 is 6.01 Å². The van der Waals surface area contributed by atoms with E-state index in [9.17, 15) is 4.79 Å². The lowest BCUT2D eigenvalue weighted by Crippen LogP contribution is -2.12. The number of oxazole rings is 1. The standard InChI is InChI=1S/C5H5ClN2O2/c6-3-4(9)8-5-7-1-2-10-5/h1-2H,3H2,(H,7,8,9). The van der Waals surface area contributed by atoms with Gasteiger partial charge in [-0.1, -0.05) is 0 Å². The lowest BCUT2D eigenvalue weighted by molar-refractivity contribution is -0.114. The van der Waals surface area contributed by atoms with E-state index in [1.807, 2.05) is 0 Å². The third-order valence-electron chi connectivity index (χ3n) is 0.800. The van der Waals surface area contributed by atoms with Gasteiger partial charge in [-0.2, -0.15) is 0 Å². The molecule has 0 unspecified atom stereocenters. The highest BCUT2D eigenvalue weighted by Crippen LogP contribution is 2.00. The zero-order valence-corrected chi connectivity index (χ0v) is 5.76. The van der Waals surface area contributed by atoms with Gasteiger partial charge in [-0.05, 0) is 0 Å². The van der Waals surface area contributed by atoms with Crippen LogP contribution in [0.15, 0.2) is 16.9 Å². The minimum Gasteiger partial charge on any atom is -0.432 e. The number of halogens is 1. The van der Waals surface area contributed by atoms with Crippen LogP contribution in [0.3, 0.4) is 0 Å². The fourth-order valence-electron chi connectivity index (χ4n) is 0.438. The first-order valence-corrected chi connectivity index (χ1v) is 3.11. The second-order valence-electron chi connectivity index (χ2n) is 1.52. The Labute approximate surface area is 62.2 Å². The number of anilines is 1. The van der Waals surface area contributed by atoms with E-state index >= 15 is 0 Å². The van der Waals surface area contributed by atoms with Crippen LogP contribution in [-0.2, 0) is 4.79 Å². The molecule has 5 heteroatoms. The molecule has 0 aliphatic rings. The van der Waals surface area contributed by atoms with Crippen LogP contribution in [0.5, 0.6) is 0 Å². The average molecular weight is 161 g/mol. The van der Waals surface area contributed by atoms with Crippen LogP contribution >= 0.6 is 11.6 Å². The van der Waals surface area contributed by atoms with Crippen molar-refractivity contribution in [2.75, 3.05) is 11.2 Å². The highest BCUT2D eigenvalue weighted by molar-refractivity contribution is 6.28. The molecular formula is C5H5ClN2O2. The fourth-order valence-corrected chi connectivity index (χ4v) is 0.505. The van der Waals surface area contributed by atoms with Crippen molar-refractivity contribution in [3.8, 4) is 0 Å². The van der Waals surface area contributed by atoms with Gasteiger partial charge in [0.15, 0.2) is 0 Å². The highest BCUT2D eigenvalue weighted by Gasteiger charge is 2.01. The van der Waals surface area contributed by atoms with Crippen LogP contribution < -0.4 is 5.32 Å². The Morgan fingerprint density at radius 1 is 1.90 bits per heavy atom. The van der Waals surface area contributed by atoms with Gasteiger partial charge in [0, 0.05) is 0 Å². The predicted molar refractivity (Wildman–Crippen MR) is 35.9 cm³/mol. The summed E-state index contributed by atoms with van der Waals surface area (Å²) in [6.45, 7) is 0. The summed E-state index contributed by atoms with van der Waals surface area (Å²) in [5, 5.41) is 2.32. The number of amides is 1. The van der Waals surface area contributed by atoms with Gasteiger partial charge in [0.1, 0.15) is 12.1 Å². The first-order valence-electron chi connectivity index (χ1n) is 2.58. The third-order valence-corrected chi connectivity index (χ3v) is 1.04. The van der Waals surface area contributed by atoms with E-state index < -0.39 is 0 Å². The van der Waals surface area contributed by atoms with Gasteiger partial charge in [0.25, 0.3) is 0 Å². The maximum atomic E-state index is 10.5. The summed E-state index contributed by atoms with van der Waals surface area (Å²) >= 11 is 5.19. The quantitative estimate of drug-likeness (QED) is 0.653. The van der Waals surface area contributed by atoms with Crippen LogP contribution in [0.4, 0.5) is 6.01 Å². The lowest BCUT2D eigenvalue weighted by Gasteiger charge is -1.92. The number of carbonyl (C=O) groups is 1. The van der Waals surface area contributed by atoms with Crippen LogP contribution in [0.2, 0.25) is 0 Å². The molecule has 4 nitrogen and oxygen atoms in total. The maximum Gasteiger partial charge on any atom is 0.301 e. The largest absolute Gasteiger partial charge is 0.432 e. The summed E-state index contributed by atoms with van der Waals surface area (Å²) < 4.78 is 4.70. The van der Waals surface area contributed by atoms with Gasteiger partial charge < -0.3 is 4.42 Å². The summed E-state index contributed by atoms with van der Waals surface area (Å²) in [5.74, 6) is -0.424. The molecule has 0 radical (unpaired) electrons. The Kier molecular flexibility index (Phi) is 2.28. The molecule has 10 heavy (non-hydrogen) atoms. The van der Waals surface area contributed by atoms with E-state index in [1.165, 1.54) is 12.5 Å². The number of alkyl halides is 1. The molecule has 0 bridgehead atoms. The van der Waals surface area contributed by atoms with Crippen molar-refractivity contribution in [3.63, 3.8) is 0 Å². The van der Waals surface area contributed by atoms with E-state index in [1.54, 1.807) is 0 Å². The molecule has 54 valence electrons. The number of nitrogens with one attached hydrogen (secondary N) is 1. The molecule has 0 saturated heterocycles. The Balaban J connectivity index is 2.48. The smallest absolute Gasteiger partial charge is 0.301 e. The number of aromatic nitrogens is 1. The van der Waals surface area contributed by atoms with E-state index in [0.717, 1.165) is 0 Å². The van der Waals surface area contributed by atoms with Crippen LogP contribution in [0, 0.1) is 0 Å². The number of carbonyl (C=O) groups excluding carboxylic acids is 1. The van der Waals surface area contributed by atoms with Gasteiger partial charge in [-0.15, -0.1) is 11.6 Å². The van der Waals surface area contributed by atoms with E-state index in [2.05, 4.69) is 10.3 Å². The molecule has 1 N–H and O–H groups in total. The summed E-state index contributed by atoms with van der Waals surface area (Å²) in [6.07, 6.45) is 2.80. The van der Waals surface area contributed by atoms with Gasteiger partial charge in [-0.3, -0.25) is 10.1 Å². The van der Waals surface area contributed by atoms with E-state index in [4.69, 9.17) is 16.0 Å². The molecule has 0 spiro atoms. The van der Waals surface area contributed by atoms with E-state index in [-0.39, 0.29) is 17.8 Å². The van der Waals surface area contributed by atoms with Crippen molar-refractivity contribution in [3.05, 3.63) is 12.5 Å². The minimum absolute atomic E-state index is 0.0949. The molecule has 0 fully saturated rings. The van der Waals surface area contributed by atoms with Gasteiger partial charge in [0.05, 0.1) is 6.20 Å². The summed E-state index contributed by atoms with van der Waals surface area (Å²) in [7, 11) is 0. The monoisotopic (exact) mass is 160 g/mol. The van der Waals surface area contributed by atoms with Gasteiger partial charge in [-0.25, -0.2) is 4.98 Å². The normalized spacial score (nSPS) is 9.30. The Hall–Kier alpha value is -1.03. The molecule has 1 aromatic rings.